The Hall–Kier alpha value is -0.870. The summed E-state index contributed by atoms with van der Waals surface area (Å²) < 4.78 is 1.08. The largest absolute Gasteiger partial charge is 0.353 e. The Morgan fingerprint density at radius 2 is 2.19 bits per heavy atom. The van der Waals surface area contributed by atoms with Crippen molar-refractivity contribution in [1.82, 2.24) is 5.32 Å². The van der Waals surface area contributed by atoms with Crippen LogP contribution in [0.2, 0.25) is 0 Å². The first-order valence-electron chi connectivity index (χ1n) is 7.85. The summed E-state index contributed by atoms with van der Waals surface area (Å²) in [5.74, 6) is 1.29. The fraction of sp³-hybridized carbons (Fsp3) is 0.588. The third-order valence-electron chi connectivity index (χ3n) is 5.10. The Bertz CT molecular complexity index is 531. The van der Waals surface area contributed by atoms with Gasteiger partial charge in [0.05, 0.1) is 5.92 Å². The Kier molecular flexibility index (Phi) is 4.36. The van der Waals surface area contributed by atoms with Crippen LogP contribution in [0.4, 0.5) is 0 Å². The molecule has 5 atom stereocenters. The maximum absolute atomic E-state index is 12.5. The molecule has 0 radical (unpaired) electrons. The maximum Gasteiger partial charge on any atom is 0.225 e. The molecule has 2 aliphatic carbocycles. The third kappa shape index (κ3) is 3.16. The van der Waals surface area contributed by atoms with Crippen molar-refractivity contribution in [1.29, 1.82) is 0 Å². The van der Waals surface area contributed by atoms with E-state index in [4.69, 9.17) is 5.73 Å². The van der Waals surface area contributed by atoms with Crippen LogP contribution in [-0.2, 0) is 11.2 Å². The van der Waals surface area contributed by atoms with Gasteiger partial charge < -0.3 is 11.1 Å². The molecule has 5 unspecified atom stereocenters. The number of hydrogen-bond donors (Lipinski definition) is 2. The molecule has 0 aliphatic heterocycles. The maximum atomic E-state index is 12.5. The van der Waals surface area contributed by atoms with Crippen molar-refractivity contribution < 1.29 is 4.79 Å². The van der Waals surface area contributed by atoms with Crippen LogP contribution in [0.25, 0.3) is 0 Å². The number of hydrogen-bond acceptors (Lipinski definition) is 2. The zero-order valence-corrected chi connectivity index (χ0v) is 14.0. The van der Waals surface area contributed by atoms with Crippen LogP contribution in [-0.4, -0.2) is 18.0 Å². The zero-order chi connectivity index (χ0) is 15.0. The molecule has 1 aromatic carbocycles. The summed E-state index contributed by atoms with van der Waals surface area (Å²) in [4.78, 5) is 12.5. The highest BCUT2D eigenvalue weighted by Crippen LogP contribution is 2.47. The van der Waals surface area contributed by atoms with E-state index in [9.17, 15) is 4.79 Å². The molecule has 0 aromatic heterocycles. The lowest BCUT2D eigenvalue weighted by molar-refractivity contribution is -0.127. The van der Waals surface area contributed by atoms with E-state index in [1.807, 2.05) is 12.1 Å². The molecule has 4 heteroatoms. The summed E-state index contributed by atoms with van der Waals surface area (Å²) in [5, 5.41) is 3.17. The van der Waals surface area contributed by atoms with Crippen LogP contribution < -0.4 is 11.1 Å². The molecule has 1 amide bonds. The molecule has 2 saturated carbocycles. The van der Waals surface area contributed by atoms with Crippen molar-refractivity contribution in [3.63, 3.8) is 0 Å². The molecule has 0 heterocycles. The topological polar surface area (TPSA) is 55.1 Å². The van der Waals surface area contributed by atoms with Crippen molar-refractivity contribution in [3.05, 3.63) is 34.3 Å². The normalized spacial score (nSPS) is 32.1. The fourth-order valence-corrected chi connectivity index (χ4v) is 4.58. The SMILES string of the molecule is CC(Cc1cccc(Br)c1)NC(=O)C1C2CCC(C2)C1N. The van der Waals surface area contributed by atoms with Crippen LogP contribution in [0.3, 0.4) is 0 Å². The van der Waals surface area contributed by atoms with E-state index in [0.717, 1.165) is 17.3 Å². The highest BCUT2D eigenvalue weighted by atomic mass is 79.9. The molecule has 0 spiro atoms. The Morgan fingerprint density at radius 1 is 1.43 bits per heavy atom. The van der Waals surface area contributed by atoms with Crippen LogP contribution >= 0.6 is 15.9 Å². The van der Waals surface area contributed by atoms with E-state index in [1.165, 1.54) is 18.4 Å². The molecule has 0 saturated heterocycles. The smallest absolute Gasteiger partial charge is 0.225 e. The lowest BCUT2D eigenvalue weighted by Gasteiger charge is -2.28. The van der Waals surface area contributed by atoms with E-state index in [-0.39, 0.29) is 23.9 Å². The standard InChI is InChI=1S/C17H23BrN2O/c1-10(7-11-3-2-4-14(18)8-11)20-17(21)15-12-5-6-13(9-12)16(15)19/h2-4,8,10,12-13,15-16H,5-7,9,19H2,1H3,(H,20,21). The summed E-state index contributed by atoms with van der Waals surface area (Å²) in [6.07, 6.45) is 4.39. The molecular formula is C17H23BrN2O. The summed E-state index contributed by atoms with van der Waals surface area (Å²) in [5.41, 5.74) is 7.48. The van der Waals surface area contributed by atoms with Gasteiger partial charge >= 0.3 is 0 Å². The fourth-order valence-electron chi connectivity index (χ4n) is 4.13. The van der Waals surface area contributed by atoms with Gasteiger partial charge in [0.25, 0.3) is 0 Å². The van der Waals surface area contributed by atoms with Gasteiger partial charge in [-0.2, -0.15) is 0 Å². The molecule has 1 aromatic rings. The first kappa shape index (κ1) is 15.0. The summed E-state index contributed by atoms with van der Waals surface area (Å²) in [6, 6.07) is 8.45. The lowest BCUT2D eigenvalue weighted by atomic mass is 9.84. The second-order valence-corrected chi connectivity index (χ2v) is 7.60. The van der Waals surface area contributed by atoms with Crippen molar-refractivity contribution in [2.24, 2.45) is 23.5 Å². The highest BCUT2D eigenvalue weighted by Gasteiger charge is 2.49. The first-order chi connectivity index (χ1) is 10.0. The number of nitrogens with two attached hydrogens (primary N) is 1. The van der Waals surface area contributed by atoms with Gasteiger partial charge in [0, 0.05) is 16.6 Å². The quantitative estimate of drug-likeness (QED) is 0.877. The molecule has 2 fully saturated rings. The molecule has 3 rings (SSSR count). The van der Waals surface area contributed by atoms with Gasteiger partial charge in [0.2, 0.25) is 5.91 Å². The minimum atomic E-state index is 0.0358. The molecule has 2 bridgehead atoms. The van der Waals surface area contributed by atoms with Gasteiger partial charge in [0.15, 0.2) is 0 Å². The highest BCUT2D eigenvalue weighted by molar-refractivity contribution is 9.10. The van der Waals surface area contributed by atoms with Crippen LogP contribution in [0.1, 0.15) is 31.7 Å². The van der Waals surface area contributed by atoms with E-state index in [1.54, 1.807) is 0 Å². The number of nitrogens with one attached hydrogen (secondary N) is 1. The number of carbonyl (C=O) groups excluding carboxylic acids is 1. The first-order valence-corrected chi connectivity index (χ1v) is 8.64. The summed E-state index contributed by atoms with van der Waals surface area (Å²) in [7, 11) is 0. The minimum absolute atomic E-state index is 0.0358. The molecule has 3 nitrogen and oxygen atoms in total. The van der Waals surface area contributed by atoms with Gasteiger partial charge in [0.1, 0.15) is 0 Å². The molecule has 114 valence electrons. The second kappa shape index (κ2) is 6.09. The number of rotatable bonds is 4. The van der Waals surface area contributed by atoms with Crippen molar-refractivity contribution in [2.75, 3.05) is 0 Å². The number of fused-ring (bicyclic) bond motifs is 2. The monoisotopic (exact) mass is 350 g/mol. The number of amides is 1. The number of benzene rings is 1. The van der Waals surface area contributed by atoms with Gasteiger partial charge in [-0.1, -0.05) is 28.1 Å². The van der Waals surface area contributed by atoms with E-state index < -0.39 is 0 Å². The van der Waals surface area contributed by atoms with Gasteiger partial charge in [-0.05, 0) is 62.1 Å². The molecule has 21 heavy (non-hydrogen) atoms. The molecular weight excluding hydrogens is 328 g/mol. The average Bonchev–Trinajstić information content (AvgIpc) is 2.98. The second-order valence-electron chi connectivity index (χ2n) is 6.68. The Balaban J connectivity index is 1.57. The van der Waals surface area contributed by atoms with Crippen molar-refractivity contribution >= 4 is 21.8 Å². The zero-order valence-electron chi connectivity index (χ0n) is 12.4. The van der Waals surface area contributed by atoms with Gasteiger partial charge in [-0.25, -0.2) is 0 Å². The van der Waals surface area contributed by atoms with Crippen LogP contribution in [0.5, 0.6) is 0 Å². The van der Waals surface area contributed by atoms with Crippen LogP contribution in [0.15, 0.2) is 28.7 Å². The lowest BCUT2D eigenvalue weighted by Crippen LogP contribution is -2.47. The predicted molar refractivity (Wildman–Crippen MR) is 87.7 cm³/mol. The van der Waals surface area contributed by atoms with Gasteiger partial charge in [-0.3, -0.25) is 4.79 Å². The third-order valence-corrected chi connectivity index (χ3v) is 5.60. The average molecular weight is 351 g/mol. The summed E-state index contributed by atoms with van der Waals surface area (Å²) in [6.45, 7) is 2.07. The predicted octanol–water partition coefficient (Wildman–Crippen LogP) is 2.87. The Labute approximate surface area is 134 Å². The van der Waals surface area contributed by atoms with Gasteiger partial charge in [-0.15, -0.1) is 0 Å². The number of halogens is 1. The minimum Gasteiger partial charge on any atom is -0.353 e. The summed E-state index contributed by atoms with van der Waals surface area (Å²) >= 11 is 3.48. The van der Waals surface area contributed by atoms with Crippen molar-refractivity contribution in [2.45, 2.75) is 44.7 Å². The van der Waals surface area contributed by atoms with Crippen LogP contribution in [0, 0.1) is 17.8 Å². The van der Waals surface area contributed by atoms with E-state index in [0.29, 0.717) is 11.8 Å². The van der Waals surface area contributed by atoms with Crippen molar-refractivity contribution in [3.8, 4) is 0 Å². The number of carbonyl (C=O) groups is 1. The van der Waals surface area contributed by atoms with E-state index >= 15 is 0 Å². The molecule has 2 aliphatic rings. The molecule has 3 N–H and O–H groups in total. The van der Waals surface area contributed by atoms with E-state index in [2.05, 4.69) is 40.3 Å². The Morgan fingerprint density at radius 3 is 2.86 bits per heavy atom.